The summed E-state index contributed by atoms with van der Waals surface area (Å²) in [5, 5.41) is 21.4. The number of nitrogens with one attached hydrogen (secondary N) is 1. The molecular weight excluding hydrogens is 456 g/mol. The van der Waals surface area contributed by atoms with Crippen LogP contribution in [0.1, 0.15) is 119 Å². The van der Waals surface area contributed by atoms with Gasteiger partial charge in [0.05, 0.1) is 24.3 Å². The monoisotopic (exact) mass is 516 g/mol. The van der Waals surface area contributed by atoms with Gasteiger partial charge in [0.25, 0.3) is 0 Å². The topological polar surface area (TPSA) is 65.3 Å². The van der Waals surface area contributed by atoms with E-state index in [0.717, 1.165) is 43.9 Å². The normalized spacial score (nSPS) is 18.0. The number of nitrogens with zero attached hydrogens (tertiary/aromatic N) is 1. The second kappa shape index (κ2) is 22.2. The number of aliphatic hydroxyl groups is 1. The Labute approximate surface area is 230 Å². The first-order valence-corrected chi connectivity index (χ1v) is 14.3. The third-order valence-corrected chi connectivity index (χ3v) is 7.06. The van der Waals surface area contributed by atoms with E-state index in [1.165, 1.54) is 37.7 Å². The number of hydrogen-bond acceptors (Lipinski definition) is 4. The SMILES string of the molecule is C.C=C(C)NC(Cc1ccccc1)C(O)CC.CCC(C)(C)CCC#N.CCCC1CCOC1CCC. The molecule has 0 amide bonds. The predicted molar refractivity (Wildman–Crippen MR) is 161 cm³/mol. The van der Waals surface area contributed by atoms with Crippen molar-refractivity contribution < 1.29 is 9.84 Å². The number of allylic oxidation sites excluding steroid dienone is 1. The van der Waals surface area contributed by atoms with Crippen LogP contribution in [0.4, 0.5) is 0 Å². The molecule has 1 aromatic carbocycles. The number of rotatable bonds is 13. The van der Waals surface area contributed by atoms with Crippen molar-refractivity contribution >= 4 is 0 Å². The molecule has 1 aliphatic heterocycles. The van der Waals surface area contributed by atoms with Crippen molar-refractivity contribution in [3.05, 3.63) is 48.2 Å². The van der Waals surface area contributed by atoms with Crippen LogP contribution in [0.2, 0.25) is 0 Å². The molecule has 2 N–H and O–H groups in total. The summed E-state index contributed by atoms with van der Waals surface area (Å²) >= 11 is 0. The first-order chi connectivity index (χ1) is 17.1. The van der Waals surface area contributed by atoms with Gasteiger partial charge in [0, 0.05) is 18.7 Å². The van der Waals surface area contributed by atoms with E-state index < -0.39 is 0 Å². The fourth-order valence-corrected chi connectivity index (χ4v) is 4.32. The lowest BCUT2D eigenvalue weighted by atomic mass is 9.85. The molecule has 214 valence electrons. The van der Waals surface area contributed by atoms with Crippen molar-refractivity contribution in [1.82, 2.24) is 5.32 Å². The lowest BCUT2D eigenvalue weighted by Gasteiger charge is -2.24. The molecule has 0 radical (unpaired) electrons. The quantitative estimate of drug-likeness (QED) is 0.275. The predicted octanol–water partition coefficient (Wildman–Crippen LogP) is 8.85. The van der Waals surface area contributed by atoms with E-state index in [1.54, 1.807) is 0 Å². The van der Waals surface area contributed by atoms with Gasteiger partial charge in [0.15, 0.2) is 0 Å². The molecule has 1 heterocycles. The average Bonchev–Trinajstić information content (AvgIpc) is 3.30. The molecule has 2 rings (SSSR count). The summed E-state index contributed by atoms with van der Waals surface area (Å²) in [6.07, 6.45) is 11.2. The van der Waals surface area contributed by atoms with Gasteiger partial charge in [-0.05, 0) is 62.3 Å². The number of aliphatic hydroxyl groups excluding tert-OH is 1. The summed E-state index contributed by atoms with van der Waals surface area (Å²) in [7, 11) is 0. The number of benzene rings is 1. The van der Waals surface area contributed by atoms with Crippen molar-refractivity contribution in [1.29, 1.82) is 5.26 Å². The van der Waals surface area contributed by atoms with E-state index in [2.05, 4.69) is 64.7 Å². The number of hydrogen-bond donors (Lipinski definition) is 2. The molecule has 4 atom stereocenters. The molecule has 1 aliphatic rings. The van der Waals surface area contributed by atoms with Crippen LogP contribution in [-0.2, 0) is 11.2 Å². The minimum atomic E-state index is -0.336. The molecule has 0 spiro atoms. The van der Waals surface area contributed by atoms with Gasteiger partial charge in [0.2, 0.25) is 0 Å². The zero-order valence-corrected chi connectivity index (χ0v) is 24.5. The zero-order valence-electron chi connectivity index (χ0n) is 24.5. The molecule has 4 heteroatoms. The Kier molecular flexibility index (Phi) is 22.4. The summed E-state index contributed by atoms with van der Waals surface area (Å²) < 4.78 is 5.66. The van der Waals surface area contributed by atoms with E-state index in [-0.39, 0.29) is 19.6 Å². The summed E-state index contributed by atoms with van der Waals surface area (Å²) in [6, 6.07) is 12.4. The molecule has 1 fully saturated rings. The highest BCUT2D eigenvalue weighted by molar-refractivity contribution is 5.16. The lowest BCUT2D eigenvalue weighted by Crippen LogP contribution is -2.40. The summed E-state index contributed by atoms with van der Waals surface area (Å²) in [6.45, 7) is 19.8. The standard InChI is InChI=1S/C14H21NO.C10H20O.C8H15N.CH4/c1-4-14(16)13(15-11(2)3)10-12-8-6-5-7-9-12;1-3-5-9-7-8-11-10(9)6-4-2;1-4-8(2,3)6-5-7-9;/h5-9,13-16H,2,4,10H2,1,3H3;9-10H,3-8H2,1-2H3;4-6H2,1-3H3;1H4. The third-order valence-electron chi connectivity index (χ3n) is 7.06. The van der Waals surface area contributed by atoms with Gasteiger partial charge in [-0.2, -0.15) is 5.26 Å². The fourth-order valence-electron chi connectivity index (χ4n) is 4.32. The maximum absolute atomic E-state index is 9.92. The Morgan fingerprint density at radius 2 is 1.78 bits per heavy atom. The molecule has 0 aromatic heterocycles. The van der Waals surface area contributed by atoms with Gasteiger partial charge >= 0.3 is 0 Å². The Hall–Kier alpha value is -1.83. The minimum Gasteiger partial charge on any atom is -0.391 e. The second-order valence-corrected chi connectivity index (χ2v) is 10.9. The van der Waals surface area contributed by atoms with Gasteiger partial charge in [-0.3, -0.25) is 0 Å². The van der Waals surface area contributed by atoms with E-state index in [1.807, 2.05) is 32.0 Å². The molecule has 4 unspecified atom stereocenters. The van der Waals surface area contributed by atoms with Gasteiger partial charge in [0.1, 0.15) is 0 Å². The van der Waals surface area contributed by atoms with Gasteiger partial charge < -0.3 is 15.2 Å². The molecule has 0 aliphatic carbocycles. The van der Waals surface area contributed by atoms with Crippen LogP contribution in [-0.4, -0.2) is 30.0 Å². The second-order valence-electron chi connectivity index (χ2n) is 10.9. The lowest BCUT2D eigenvalue weighted by molar-refractivity contribution is 0.0807. The first kappa shape index (κ1) is 37.3. The highest BCUT2D eigenvalue weighted by atomic mass is 16.5. The largest absolute Gasteiger partial charge is 0.391 e. The summed E-state index contributed by atoms with van der Waals surface area (Å²) in [4.78, 5) is 0. The van der Waals surface area contributed by atoms with Crippen molar-refractivity contribution in [2.75, 3.05) is 6.61 Å². The smallest absolute Gasteiger partial charge is 0.0741 e. The fraction of sp³-hybridized carbons (Fsp3) is 0.727. The molecule has 37 heavy (non-hydrogen) atoms. The molecule has 1 aromatic rings. The van der Waals surface area contributed by atoms with Gasteiger partial charge in [-0.1, -0.05) is 105 Å². The Morgan fingerprint density at radius 1 is 1.16 bits per heavy atom. The van der Waals surface area contributed by atoms with E-state index >= 15 is 0 Å². The van der Waals surface area contributed by atoms with Gasteiger partial charge in [-0.15, -0.1) is 0 Å². The molecular formula is C33H60N2O2. The van der Waals surface area contributed by atoms with Crippen LogP contribution < -0.4 is 5.32 Å². The van der Waals surface area contributed by atoms with Crippen molar-refractivity contribution in [3.8, 4) is 6.07 Å². The maximum Gasteiger partial charge on any atom is 0.0741 e. The third kappa shape index (κ3) is 18.1. The summed E-state index contributed by atoms with van der Waals surface area (Å²) in [5.74, 6) is 0.875. The molecule has 1 saturated heterocycles. The average molecular weight is 517 g/mol. The maximum atomic E-state index is 9.92. The number of nitriles is 1. The Morgan fingerprint density at radius 3 is 2.27 bits per heavy atom. The zero-order chi connectivity index (χ0) is 27.4. The highest BCUT2D eigenvalue weighted by Gasteiger charge is 2.26. The van der Waals surface area contributed by atoms with E-state index in [9.17, 15) is 5.11 Å². The van der Waals surface area contributed by atoms with Crippen LogP contribution in [0.3, 0.4) is 0 Å². The van der Waals surface area contributed by atoms with Crippen molar-refractivity contribution in [3.63, 3.8) is 0 Å². The van der Waals surface area contributed by atoms with Gasteiger partial charge in [-0.25, -0.2) is 0 Å². The first-order valence-electron chi connectivity index (χ1n) is 14.3. The van der Waals surface area contributed by atoms with Crippen LogP contribution in [0, 0.1) is 22.7 Å². The van der Waals surface area contributed by atoms with Crippen LogP contribution in [0.25, 0.3) is 0 Å². The van der Waals surface area contributed by atoms with Crippen LogP contribution in [0.15, 0.2) is 42.6 Å². The van der Waals surface area contributed by atoms with Crippen LogP contribution in [0.5, 0.6) is 0 Å². The summed E-state index contributed by atoms with van der Waals surface area (Å²) in [5.41, 5.74) is 2.50. The molecule has 0 saturated carbocycles. The van der Waals surface area contributed by atoms with E-state index in [0.29, 0.717) is 17.9 Å². The molecule has 0 bridgehead atoms. The van der Waals surface area contributed by atoms with E-state index in [4.69, 9.17) is 10.00 Å². The highest BCUT2D eigenvalue weighted by Crippen LogP contribution is 2.28. The number of ether oxygens (including phenoxy) is 1. The Balaban J connectivity index is 0. The van der Waals surface area contributed by atoms with Crippen LogP contribution >= 0.6 is 0 Å². The Bertz CT molecular complexity index is 699. The molecule has 4 nitrogen and oxygen atoms in total. The van der Waals surface area contributed by atoms with Crippen molar-refractivity contribution in [2.45, 2.75) is 138 Å². The van der Waals surface area contributed by atoms with Crippen molar-refractivity contribution in [2.24, 2.45) is 11.3 Å². The minimum absolute atomic E-state index is 0.